The van der Waals surface area contributed by atoms with Crippen LogP contribution in [-0.2, 0) is 20.1 Å². The molecule has 0 spiro atoms. The van der Waals surface area contributed by atoms with Gasteiger partial charge in [0, 0.05) is 31.2 Å². The standard InChI is InChI=1S/C31H27N2O.C14H16GeN.Ir/c1-19(2)22-11-9-12-23(20(3)4)30(22)33-27-14-7-6-13-26(27)32-31(33)21-16-17-29-25(18-21)24-10-5-8-15-28(24)34-29;1-15(2,3)13-9-10-14(16-11-13)12-7-5-4-6-8-12;/h5-15,17-20H,1-4H3;4-7,9-11H,1-3H3;/q2*-1;/i;4D,5D,6D;. The first-order valence-electron chi connectivity index (χ1n) is 18.7. The maximum absolute atomic E-state index is 7.65. The number of pyridine rings is 1. The van der Waals surface area contributed by atoms with E-state index in [1.807, 2.05) is 30.5 Å². The molecule has 0 aliphatic carbocycles. The SMILES string of the molecule is CC(C)c1cccc(C(C)C)c1-n1c(-c2[c-]cc3oc4ccccc4c3c2)nc2ccccc21.[2H]c1[c-]c(-c2cc[c]([Ge]([CH3])([CH3])[CH3])cn2)cc([2H])c1[2H].[Ir]. The molecule has 4 nitrogen and oxygen atoms in total. The average Bonchev–Trinajstić information content (AvgIpc) is 3.71. The van der Waals surface area contributed by atoms with Gasteiger partial charge in [-0.05, 0) is 41.2 Å². The maximum atomic E-state index is 7.65. The fourth-order valence-corrected chi connectivity index (χ4v) is 8.59. The Hall–Kier alpha value is -4.29. The van der Waals surface area contributed by atoms with Crippen LogP contribution in [0.2, 0.25) is 17.3 Å². The van der Waals surface area contributed by atoms with Crippen LogP contribution in [0.1, 0.15) is 54.8 Å². The van der Waals surface area contributed by atoms with Gasteiger partial charge in [-0.3, -0.25) is 4.98 Å². The van der Waals surface area contributed by atoms with Gasteiger partial charge in [-0.25, -0.2) is 0 Å². The van der Waals surface area contributed by atoms with E-state index in [1.54, 1.807) is 6.07 Å². The molecular weight excluding hydrogens is 863 g/mol. The topological polar surface area (TPSA) is 43.9 Å². The third-order valence-electron chi connectivity index (χ3n) is 9.13. The van der Waals surface area contributed by atoms with Crippen LogP contribution in [0.25, 0.3) is 61.3 Å². The summed E-state index contributed by atoms with van der Waals surface area (Å²) < 4.78 is 32.5. The molecule has 1 radical (unpaired) electrons. The third-order valence-corrected chi connectivity index (χ3v) is 13.4. The Kier molecular flexibility index (Phi) is 9.68. The number of rotatable bonds is 6. The summed E-state index contributed by atoms with van der Waals surface area (Å²) >= 11 is -1.86. The Balaban J connectivity index is 0.000000213. The smallest absolute Gasteiger partial charge is 0 e. The second-order valence-corrected chi connectivity index (χ2v) is 25.0. The van der Waals surface area contributed by atoms with E-state index in [0.29, 0.717) is 23.1 Å². The van der Waals surface area contributed by atoms with Gasteiger partial charge in [0.2, 0.25) is 0 Å². The molecule has 3 aromatic heterocycles. The summed E-state index contributed by atoms with van der Waals surface area (Å²) in [5.74, 6) is 8.59. The van der Waals surface area contributed by atoms with Gasteiger partial charge in [0.15, 0.2) is 0 Å². The molecule has 5 aromatic carbocycles. The van der Waals surface area contributed by atoms with E-state index in [1.165, 1.54) is 21.2 Å². The molecule has 0 aliphatic rings. The monoisotopic (exact) mass is 911 g/mol. The molecule has 0 saturated carbocycles. The van der Waals surface area contributed by atoms with Crippen molar-refractivity contribution in [1.82, 2.24) is 14.5 Å². The first-order valence-corrected chi connectivity index (χ1v) is 24.6. The molecule has 0 fully saturated rings. The number of hydrogen-bond donors (Lipinski definition) is 0. The van der Waals surface area contributed by atoms with Crippen molar-refractivity contribution in [1.29, 1.82) is 0 Å². The fourth-order valence-electron chi connectivity index (χ4n) is 6.42. The molecule has 0 bridgehead atoms. The van der Waals surface area contributed by atoms with Gasteiger partial charge in [-0.1, -0.05) is 81.6 Å². The van der Waals surface area contributed by atoms with Crippen molar-refractivity contribution in [3.8, 4) is 28.3 Å². The predicted molar refractivity (Wildman–Crippen MR) is 212 cm³/mol. The molecule has 259 valence electrons. The quantitative estimate of drug-likeness (QED) is 0.123. The van der Waals surface area contributed by atoms with Crippen molar-refractivity contribution in [2.24, 2.45) is 0 Å². The van der Waals surface area contributed by atoms with Gasteiger partial charge in [0.1, 0.15) is 5.58 Å². The number of nitrogens with zero attached hydrogens (tertiary/aromatic N) is 3. The zero-order chi connectivity index (χ0) is 37.6. The summed E-state index contributed by atoms with van der Waals surface area (Å²) in [6.45, 7) is 9.05. The Bertz CT molecular complexity index is 2560. The van der Waals surface area contributed by atoms with Crippen LogP contribution in [-0.4, -0.2) is 27.8 Å². The summed E-state index contributed by atoms with van der Waals surface area (Å²) in [4.78, 5) is 9.55. The zero-order valence-corrected chi connectivity index (χ0v) is 34.5. The van der Waals surface area contributed by atoms with E-state index in [9.17, 15) is 0 Å². The van der Waals surface area contributed by atoms with E-state index in [0.717, 1.165) is 44.4 Å². The summed E-state index contributed by atoms with van der Waals surface area (Å²) in [5.41, 5.74) is 9.99. The van der Waals surface area contributed by atoms with Gasteiger partial charge < -0.3 is 8.98 Å². The molecule has 3 heterocycles. The number of aromatic nitrogens is 3. The molecule has 8 rings (SSSR count). The number of benzene rings is 5. The van der Waals surface area contributed by atoms with Crippen LogP contribution < -0.4 is 4.40 Å². The second-order valence-electron chi connectivity index (χ2n) is 14.3. The number of fused-ring (bicyclic) bond motifs is 4. The minimum Gasteiger partial charge on any atom is 0 e. The van der Waals surface area contributed by atoms with Crippen molar-refractivity contribution in [2.45, 2.75) is 56.8 Å². The second kappa shape index (κ2) is 15.1. The first kappa shape index (κ1) is 32.6. The molecule has 8 aromatic rings. The van der Waals surface area contributed by atoms with E-state index < -0.39 is 13.3 Å². The van der Waals surface area contributed by atoms with Crippen LogP contribution in [0, 0.1) is 12.1 Å². The van der Waals surface area contributed by atoms with Crippen molar-refractivity contribution >= 4 is 50.6 Å². The van der Waals surface area contributed by atoms with E-state index in [-0.39, 0.29) is 38.2 Å². The zero-order valence-electron chi connectivity index (χ0n) is 33.1. The summed E-state index contributed by atoms with van der Waals surface area (Å²) in [6.07, 6.45) is 1.89. The molecule has 0 amide bonds. The van der Waals surface area contributed by atoms with Gasteiger partial charge >= 0.3 is 104 Å². The average molecular weight is 910 g/mol. The van der Waals surface area contributed by atoms with Crippen LogP contribution >= 0.6 is 0 Å². The van der Waals surface area contributed by atoms with E-state index in [4.69, 9.17) is 13.5 Å². The number of imidazole rings is 1. The van der Waals surface area contributed by atoms with Crippen LogP contribution in [0.5, 0.6) is 0 Å². The molecular formula is C45H43GeIrN3O-2. The fraction of sp³-hybridized carbons (Fsp3) is 0.200. The van der Waals surface area contributed by atoms with E-state index in [2.05, 4.69) is 133 Å². The van der Waals surface area contributed by atoms with Gasteiger partial charge in [0.05, 0.1) is 22.4 Å². The first-order chi connectivity index (χ1) is 25.3. The van der Waals surface area contributed by atoms with Crippen molar-refractivity contribution in [3.63, 3.8) is 0 Å². The molecule has 0 N–H and O–H groups in total. The Morgan fingerprint density at radius 1 is 0.745 bits per heavy atom. The predicted octanol–water partition coefficient (Wildman–Crippen LogP) is 11.7. The molecule has 0 aliphatic heterocycles. The largest absolute Gasteiger partial charge is 0 e. The molecule has 6 heteroatoms. The summed E-state index contributed by atoms with van der Waals surface area (Å²) in [5, 5.41) is 2.20. The Morgan fingerprint density at radius 3 is 2.16 bits per heavy atom. The Morgan fingerprint density at radius 2 is 1.47 bits per heavy atom. The molecule has 0 saturated heterocycles. The molecule has 0 atom stereocenters. The number of para-hydroxylation sites is 4. The van der Waals surface area contributed by atoms with Crippen LogP contribution in [0.15, 0.2) is 126 Å². The number of furan rings is 1. The number of hydrogen-bond acceptors (Lipinski definition) is 3. The summed E-state index contributed by atoms with van der Waals surface area (Å²) in [6, 6.07) is 39.1. The summed E-state index contributed by atoms with van der Waals surface area (Å²) in [7, 11) is 0. The van der Waals surface area contributed by atoms with Crippen molar-refractivity contribution in [3.05, 3.63) is 145 Å². The maximum Gasteiger partial charge on any atom is 0 e. The third kappa shape index (κ3) is 7.39. The van der Waals surface area contributed by atoms with Crippen molar-refractivity contribution < 1.29 is 28.6 Å². The van der Waals surface area contributed by atoms with Crippen LogP contribution in [0.4, 0.5) is 0 Å². The van der Waals surface area contributed by atoms with Crippen molar-refractivity contribution in [2.75, 3.05) is 0 Å². The minimum atomic E-state index is -1.86. The van der Waals surface area contributed by atoms with Gasteiger partial charge in [0.25, 0.3) is 0 Å². The van der Waals surface area contributed by atoms with Gasteiger partial charge in [-0.15, -0.1) is 23.8 Å². The molecule has 51 heavy (non-hydrogen) atoms. The van der Waals surface area contributed by atoms with Gasteiger partial charge in [-0.2, -0.15) is 0 Å². The normalized spacial score (nSPS) is 12.5. The van der Waals surface area contributed by atoms with E-state index >= 15 is 0 Å². The molecule has 0 unspecified atom stereocenters. The minimum absolute atomic E-state index is 0. The van der Waals surface area contributed by atoms with Crippen LogP contribution in [0.3, 0.4) is 0 Å². The Labute approximate surface area is 321 Å².